The molecule has 22 heavy (non-hydrogen) atoms. The third-order valence-corrected chi connectivity index (χ3v) is 5.30. The lowest BCUT2D eigenvalue weighted by molar-refractivity contribution is -0.130. The van der Waals surface area contributed by atoms with Crippen molar-refractivity contribution >= 4 is 5.91 Å². The van der Waals surface area contributed by atoms with E-state index in [0.717, 1.165) is 25.7 Å². The van der Waals surface area contributed by atoms with Crippen LogP contribution in [0.25, 0.3) is 0 Å². The van der Waals surface area contributed by atoms with Gasteiger partial charge in [0.25, 0.3) is 0 Å². The SMILES string of the molecule is O=C(N[C@H]1C[C@H]1c1ccccc1)C1(c2ccccc2)CCC1. The van der Waals surface area contributed by atoms with Gasteiger partial charge in [-0.3, -0.25) is 4.79 Å². The summed E-state index contributed by atoms with van der Waals surface area (Å²) in [6, 6.07) is 21.1. The van der Waals surface area contributed by atoms with E-state index in [-0.39, 0.29) is 11.3 Å². The fraction of sp³-hybridized carbons (Fsp3) is 0.350. The van der Waals surface area contributed by atoms with Gasteiger partial charge in [0.15, 0.2) is 0 Å². The van der Waals surface area contributed by atoms with Gasteiger partial charge in [-0.1, -0.05) is 67.1 Å². The minimum atomic E-state index is -0.273. The summed E-state index contributed by atoms with van der Waals surface area (Å²) in [5.74, 6) is 0.728. The van der Waals surface area contributed by atoms with Crippen LogP contribution in [0.4, 0.5) is 0 Å². The molecule has 0 heterocycles. The summed E-state index contributed by atoms with van der Waals surface area (Å²) in [4.78, 5) is 12.9. The summed E-state index contributed by atoms with van der Waals surface area (Å²) in [6.07, 6.45) is 4.17. The molecule has 1 amide bonds. The maximum Gasteiger partial charge on any atom is 0.230 e. The maximum atomic E-state index is 12.9. The molecule has 4 rings (SSSR count). The minimum Gasteiger partial charge on any atom is -0.352 e. The molecular weight excluding hydrogens is 270 g/mol. The fourth-order valence-corrected chi connectivity index (χ4v) is 3.66. The van der Waals surface area contributed by atoms with Crippen molar-refractivity contribution in [2.75, 3.05) is 0 Å². The number of hydrogen-bond donors (Lipinski definition) is 1. The zero-order valence-electron chi connectivity index (χ0n) is 12.7. The van der Waals surface area contributed by atoms with Gasteiger partial charge >= 0.3 is 0 Å². The highest BCUT2D eigenvalue weighted by Crippen LogP contribution is 2.46. The zero-order chi connectivity index (χ0) is 15.0. The summed E-state index contributed by atoms with van der Waals surface area (Å²) in [5, 5.41) is 3.30. The van der Waals surface area contributed by atoms with E-state index < -0.39 is 0 Å². The Hall–Kier alpha value is -2.09. The first-order chi connectivity index (χ1) is 10.8. The molecule has 0 spiro atoms. The molecular formula is C20H21NO. The Morgan fingerprint density at radius 1 is 0.955 bits per heavy atom. The minimum absolute atomic E-state index is 0.230. The van der Waals surface area contributed by atoms with Crippen LogP contribution in [0.15, 0.2) is 60.7 Å². The van der Waals surface area contributed by atoms with E-state index in [1.165, 1.54) is 11.1 Å². The molecule has 2 aromatic rings. The summed E-state index contributed by atoms with van der Waals surface area (Å²) >= 11 is 0. The number of benzene rings is 2. The standard InChI is InChI=1S/C20H21NO/c22-19(20(12-7-13-20)16-10-5-2-6-11-16)21-18-14-17(18)15-8-3-1-4-9-15/h1-6,8-11,17-18H,7,12-14H2,(H,21,22)/t17-,18-/m0/s1. The molecule has 0 unspecified atom stereocenters. The van der Waals surface area contributed by atoms with Crippen molar-refractivity contribution in [1.29, 1.82) is 0 Å². The highest BCUT2D eigenvalue weighted by Gasteiger charge is 2.48. The van der Waals surface area contributed by atoms with Crippen LogP contribution in [0.2, 0.25) is 0 Å². The molecule has 112 valence electrons. The van der Waals surface area contributed by atoms with E-state index in [1.807, 2.05) is 24.3 Å². The predicted octanol–water partition coefficient (Wildman–Crippen LogP) is 3.78. The van der Waals surface area contributed by atoms with E-state index in [0.29, 0.717) is 12.0 Å². The zero-order valence-corrected chi connectivity index (χ0v) is 12.7. The first-order valence-corrected chi connectivity index (χ1v) is 8.21. The summed E-state index contributed by atoms with van der Waals surface area (Å²) < 4.78 is 0. The summed E-state index contributed by atoms with van der Waals surface area (Å²) in [7, 11) is 0. The van der Waals surface area contributed by atoms with E-state index >= 15 is 0 Å². The molecule has 2 nitrogen and oxygen atoms in total. The molecule has 2 aromatic carbocycles. The largest absolute Gasteiger partial charge is 0.352 e. The van der Waals surface area contributed by atoms with Gasteiger partial charge in [0.05, 0.1) is 5.41 Å². The maximum absolute atomic E-state index is 12.9. The van der Waals surface area contributed by atoms with Crippen molar-refractivity contribution in [3.63, 3.8) is 0 Å². The van der Waals surface area contributed by atoms with Gasteiger partial charge in [0.2, 0.25) is 5.91 Å². The molecule has 0 aliphatic heterocycles. The van der Waals surface area contributed by atoms with Crippen LogP contribution in [0.5, 0.6) is 0 Å². The van der Waals surface area contributed by atoms with Crippen molar-refractivity contribution in [3.05, 3.63) is 71.8 Å². The van der Waals surface area contributed by atoms with Crippen molar-refractivity contribution < 1.29 is 4.79 Å². The Bertz CT molecular complexity index is 661. The second-order valence-corrected chi connectivity index (χ2v) is 6.63. The average Bonchev–Trinajstić information content (AvgIpc) is 3.27. The quantitative estimate of drug-likeness (QED) is 0.912. The number of carbonyl (C=O) groups excluding carboxylic acids is 1. The molecule has 2 aliphatic rings. The smallest absolute Gasteiger partial charge is 0.230 e. The van der Waals surface area contributed by atoms with Gasteiger partial charge in [-0.15, -0.1) is 0 Å². The Labute approximate surface area is 131 Å². The van der Waals surface area contributed by atoms with Crippen molar-refractivity contribution in [3.8, 4) is 0 Å². The number of hydrogen-bond acceptors (Lipinski definition) is 1. The first kappa shape index (κ1) is 13.6. The van der Waals surface area contributed by atoms with E-state index in [9.17, 15) is 4.79 Å². The van der Waals surface area contributed by atoms with Crippen LogP contribution < -0.4 is 5.32 Å². The average molecular weight is 291 g/mol. The molecule has 2 heteroatoms. The van der Waals surface area contributed by atoms with Crippen LogP contribution >= 0.6 is 0 Å². The van der Waals surface area contributed by atoms with E-state index in [4.69, 9.17) is 0 Å². The molecule has 0 radical (unpaired) electrons. The molecule has 2 saturated carbocycles. The Balaban J connectivity index is 1.47. The van der Waals surface area contributed by atoms with Gasteiger partial charge < -0.3 is 5.32 Å². The summed E-state index contributed by atoms with van der Waals surface area (Å²) in [5.41, 5.74) is 2.25. The number of carbonyl (C=O) groups is 1. The highest BCUT2D eigenvalue weighted by atomic mass is 16.2. The number of rotatable bonds is 4. The fourth-order valence-electron chi connectivity index (χ4n) is 3.66. The van der Waals surface area contributed by atoms with Crippen LogP contribution in [0.1, 0.15) is 42.7 Å². The van der Waals surface area contributed by atoms with Crippen molar-refractivity contribution in [1.82, 2.24) is 5.32 Å². The van der Waals surface area contributed by atoms with Gasteiger partial charge in [-0.05, 0) is 30.4 Å². The van der Waals surface area contributed by atoms with Gasteiger partial charge in [-0.25, -0.2) is 0 Å². The number of amides is 1. The van der Waals surface area contributed by atoms with Crippen molar-refractivity contribution in [2.24, 2.45) is 0 Å². The van der Waals surface area contributed by atoms with E-state index in [1.54, 1.807) is 0 Å². The third kappa shape index (κ3) is 2.23. The lowest BCUT2D eigenvalue weighted by Gasteiger charge is -2.40. The monoisotopic (exact) mass is 291 g/mol. The van der Waals surface area contributed by atoms with Gasteiger partial charge in [0, 0.05) is 12.0 Å². The van der Waals surface area contributed by atoms with Crippen LogP contribution in [-0.2, 0) is 10.2 Å². The molecule has 2 aliphatic carbocycles. The Kier molecular flexibility index (Phi) is 3.25. The topological polar surface area (TPSA) is 29.1 Å². The highest BCUT2D eigenvalue weighted by molar-refractivity contribution is 5.89. The third-order valence-electron chi connectivity index (χ3n) is 5.30. The first-order valence-electron chi connectivity index (χ1n) is 8.21. The lowest BCUT2D eigenvalue weighted by Crippen LogP contribution is -2.50. The molecule has 1 N–H and O–H groups in total. The number of nitrogens with one attached hydrogen (secondary N) is 1. The van der Waals surface area contributed by atoms with Gasteiger partial charge in [0.1, 0.15) is 0 Å². The van der Waals surface area contributed by atoms with E-state index in [2.05, 4.69) is 41.7 Å². The second kappa shape index (κ2) is 5.28. The normalized spacial score (nSPS) is 25.1. The molecule has 0 aromatic heterocycles. The Morgan fingerprint density at radius 2 is 1.59 bits per heavy atom. The predicted molar refractivity (Wildman–Crippen MR) is 87.7 cm³/mol. The molecule has 2 fully saturated rings. The van der Waals surface area contributed by atoms with Gasteiger partial charge in [-0.2, -0.15) is 0 Å². The second-order valence-electron chi connectivity index (χ2n) is 6.63. The molecule has 2 atom stereocenters. The molecule has 0 saturated heterocycles. The Morgan fingerprint density at radius 3 is 2.18 bits per heavy atom. The van der Waals surface area contributed by atoms with Crippen LogP contribution in [0.3, 0.4) is 0 Å². The van der Waals surface area contributed by atoms with Crippen LogP contribution in [-0.4, -0.2) is 11.9 Å². The molecule has 0 bridgehead atoms. The van der Waals surface area contributed by atoms with Crippen molar-refractivity contribution in [2.45, 2.75) is 43.1 Å². The summed E-state index contributed by atoms with van der Waals surface area (Å²) in [6.45, 7) is 0. The van der Waals surface area contributed by atoms with Crippen LogP contribution in [0, 0.1) is 0 Å². The lowest BCUT2D eigenvalue weighted by atomic mass is 9.64.